The number of nitrogens with one attached hydrogen (secondary N) is 1. The second-order valence-corrected chi connectivity index (χ2v) is 7.53. The fourth-order valence-corrected chi connectivity index (χ4v) is 3.49. The highest BCUT2D eigenvalue weighted by Gasteiger charge is 2.26. The van der Waals surface area contributed by atoms with Crippen LogP contribution < -0.4 is 11.1 Å². The van der Waals surface area contributed by atoms with Crippen molar-refractivity contribution in [3.63, 3.8) is 0 Å². The number of ether oxygens (including phenoxy) is 1. The number of nitrogens with two attached hydrogens (primary N) is 1. The van der Waals surface area contributed by atoms with Crippen LogP contribution in [0.15, 0.2) is 59.6 Å². The van der Waals surface area contributed by atoms with E-state index >= 15 is 0 Å². The van der Waals surface area contributed by atoms with Gasteiger partial charge in [-0.2, -0.15) is 0 Å². The van der Waals surface area contributed by atoms with Gasteiger partial charge in [0.1, 0.15) is 0 Å². The third kappa shape index (κ3) is 6.32. The third-order valence-corrected chi connectivity index (χ3v) is 4.90. The summed E-state index contributed by atoms with van der Waals surface area (Å²) in [6, 6.07) is 17.8. The van der Waals surface area contributed by atoms with Crippen molar-refractivity contribution in [3.05, 3.63) is 71.3 Å². The smallest absolute Gasteiger partial charge is 0.254 e. The first-order valence-corrected chi connectivity index (χ1v) is 10.1. The number of hydrogen-bond acceptors (Lipinski definition) is 3. The summed E-state index contributed by atoms with van der Waals surface area (Å²) in [5.74, 6) is 0.474. The van der Waals surface area contributed by atoms with Crippen LogP contribution in [0.3, 0.4) is 0 Å². The Morgan fingerprint density at radius 3 is 2.38 bits per heavy atom. The molecule has 0 saturated carbocycles. The number of aliphatic imine (C=N–C) groups is 1. The zero-order chi connectivity index (χ0) is 20.6. The molecule has 29 heavy (non-hydrogen) atoms. The summed E-state index contributed by atoms with van der Waals surface area (Å²) >= 11 is 0. The lowest BCUT2D eigenvalue weighted by atomic mass is 10.1. The van der Waals surface area contributed by atoms with E-state index in [2.05, 4.69) is 22.4 Å². The Hall–Kier alpha value is -2.86. The Morgan fingerprint density at radius 1 is 1.07 bits per heavy atom. The van der Waals surface area contributed by atoms with E-state index in [0.29, 0.717) is 31.2 Å². The highest BCUT2D eigenvalue weighted by atomic mass is 16.5. The highest BCUT2D eigenvalue weighted by Crippen LogP contribution is 2.15. The molecule has 0 aliphatic carbocycles. The average molecular weight is 395 g/mol. The van der Waals surface area contributed by atoms with Gasteiger partial charge in [-0.15, -0.1) is 0 Å². The number of guanidine groups is 1. The fourth-order valence-electron chi connectivity index (χ4n) is 3.49. The quantitative estimate of drug-likeness (QED) is 0.583. The van der Waals surface area contributed by atoms with E-state index in [1.165, 1.54) is 5.56 Å². The molecule has 1 aliphatic heterocycles. The summed E-state index contributed by atoms with van der Waals surface area (Å²) in [6.45, 7) is 6.46. The largest absolute Gasteiger partial charge is 0.372 e. The summed E-state index contributed by atoms with van der Waals surface area (Å²) in [6.07, 6.45) is 1.02. The van der Waals surface area contributed by atoms with Gasteiger partial charge in [0.05, 0.1) is 18.8 Å². The minimum absolute atomic E-state index is 0.0455. The predicted octanol–water partition coefficient (Wildman–Crippen LogP) is 2.58. The molecule has 2 unspecified atom stereocenters. The maximum absolute atomic E-state index is 12.7. The molecule has 3 rings (SSSR count). The normalized spacial score (nSPS) is 19.8. The summed E-state index contributed by atoms with van der Waals surface area (Å²) in [4.78, 5) is 19.0. The molecule has 0 aromatic heterocycles. The molecule has 0 bridgehead atoms. The summed E-state index contributed by atoms with van der Waals surface area (Å²) in [5, 5.41) is 3.14. The Labute approximate surface area is 172 Å². The van der Waals surface area contributed by atoms with Crippen LogP contribution in [0.5, 0.6) is 0 Å². The molecule has 2 atom stereocenters. The maximum atomic E-state index is 12.7. The van der Waals surface area contributed by atoms with Crippen molar-refractivity contribution in [1.29, 1.82) is 0 Å². The van der Waals surface area contributed by atoms with E-state index in [1.807, 2.05) is 61.2 Å². The molecule has 1 saturated heterocycles. The number of nitrogens with zero attached hydrogens (tertiary/aromatic N) is 2. The van der Waals surface area contributed by atoms with Gasteiger partial charge in [0, 0.05) is 25.2 Å². The Kier molecular flexibility index (Phi) is 7.25. The molecule has 1 amide bonds. The standard InChI is InChI=1S/C23H30N4O2/c1-17-15-27(16-18(2)29-17)22(28)21-10-8-20(9-11-21)14-26-23(24)25-13-12-19-6-4-3-5-7-19/h3-11,17-18H,12-16H2,1-2H3,(H3,24,25,26). The fraction of sp³-hybridized carbons (Fsp3) is 0.391. The number of benzene rings is 2. The topological polar surface area (TPSA) is 80.0 Å². The van der Waals surface area contributed by atoms with Crippen LogP contribution in [0, 0.1) is 0 Å². The van der Waals surface area contributed by atoms with Crippen molar-refractivity contribution in [2.24, 2.45) is 10.7 Å². The average Bonchev–Trinajstić information content (AvgIpc) is 2.72. The van der Waals surface area contributed by atoms with E-state index in [9.17, 15) is 4.79 Å². The summed E-state index contributed by atoms with van der Waals surface area (Å²) < 4.78 is 5.70. The SMILES string of the molecule is CC1CN(C(=O)c2ccc(CN=C(N)NCCc3ccccc3)cc2)CC(C)O1. The van der Waals surface area contributed by atoms with Crippen molar-refractivity contribution < 1.29 is 9.53 Å². The molecule has 0 radical (unpaired) electrons. The van der Waals surface area contributed by atoms with Gasteiger partial charge in [0.25, 0.3) is 5.91 Å². The first-order valence-electron chi connectivity index (χ1n) is 10.1. The Morgan fingerprint density at radius 2 is 1.72 bits per heavy atom. The molecule has 1 aliphatic rings. The highest BCUT2D eigenvalue weighted by molar-refractivity contribution is 5.94. The first kappa shape index (κ1) is 20.9. The van der Waals surface area contributed by atoms with Gasteiger partial charge < -0.3 is 20.7 Å². The molecule has 2 aromatic rings. The summed E-state index contributed by atoms with van der Waals surface area (Å²) in [7, 11) is 0. The van der Waals surface area contributed by atoms with E-state index in [4.69, 9.17) is 10.5 Å². The van der Waals surface area contributed by atoms with Crippen LogP contribution in [0.2, 0.25) is 0 Å². The summed E-state index contributed by atoms with van der Waals surface area (Å²) in [5.41, 5.74) is 8.91. The van der Waals surface area contributed by atoms with E-state index in [-0.39, 0.29) is 18.1 Å². The zero-order valence-corrected chi connectivity index (χ0v) is 17.2. The molecule has 6 nitrogen and oxygen atoms in total. The number of amides is 1. The van der Waals surface area contributed by atoms with E-state index in [0.717, 1.165) is 18.5 Å². The van der Waals surface area contributed by atoms with Crippen LogP contribution in [-0.2, 0) is 17.7 Å². The van der Waals surface area contributed by atoms with Gasteiger partial charge in [-0.05, 0) is 43.5 Å². The van der Waals surface area contributed by atoms with Crippen LogP contribution in [0.1, 0.15) is 35.3 Å². The van der Waals surface area contributed by atoms with Gasteiger partial charge in [-0.25, -0.2) is 4.99 Å². The van der Waals surface area contributed by atoms with E-state index in [1.54, 1.807) is 0 Å². The molecular weight excluding hydrogens is 364 g/mol. The van der Waals surface area contributed by atoms with Gasteiger partial charge in [0.2, 0.25) is 0 Å². The molecule has 3 N–H and O–H groups in total. The van der Waals surface area contributed by atoms with Crippen molar-refractivity contribution >= 4 is 11.9 Å². The van der Waals surface area contributed by atoms with Gasteiger partial charge in [0.15, 0.2) is 5.96 Å². The molecular formula is C23H30N4O2. The second-order valence-electron chi connectivity index (χ2n) is 7.53. The number of rotatable bonds is 6. The lowest BCUT2D eigenvalue weighted by molar-refractivity contribution is -0.0586. The van der Waals surface area contributed by atoms with Crippen LogP contribution >= 0.6 is 0 Å². The minimum atomic E-state index is 0.0455. The Bertz CT molecular complexity index is 811. The monoisotopic (exact) mass is 394 g/mol. The maximum Gasteiger partial charge on any atom is 0.254 e. The van der Waals surface area contributed by atoms with Gasteiger partial charge >= 0.3 is 0 Å². The number of morpholine rings is 1. The first-order chi connectivity index (χ1) is 14.0. The minimum Gasteiger partial charge on any atom is -0.372 e. The van der Waals surface area contributed by atoms with Crippen molar-refractivity contribution in [2.45, 2.75) is 39.0 Å². The molecule has 0 spiro atoms. The number of carbonyl (C=O) groups is 1. The molecule has 154 valence electrons. The van der Waals surface area contributed by atoms with Crippen molar-refractivity contribution in [1.82, 2.24) is 10.2 Å². The molecule has 2 aromatic carbocycles. The van der Waals surface area contributed by atoms with Crippen LogP contribution in [-0.4, -0.2) is 48.6 Å². The van der Waals surface area contributed by atoms with Crippen LogP contribution in [0.25, 0.3) is 0 Å². The van der Waals surface area contributed by atoms with Crippen molar-refractivity contribution in [2.75, 3.05) is 19.6 Å². The third-order valence-electron chi connectivity index (χ3n) is 4.90. The number of hydrogen-bond donors (Lipinski definition) is 2. The lowest BCUT2D eigenvalue weighted by Crippen LogP contribution is -2.48. The second kappa shape index (κ2) is 10.1. The molecule has 6 heteroatoms. The van der Waals surface area contributed by atoms with Crippen LogP contribution in [0.4, 0.5) is 0 Å². The predicted molar refractivity (Wildman–Crippen MR) is 116 cm³/mol. The zero-order valence-electron chi connectivity index (χ0n) is 17.2. The van der Waals surface area contributed by atoms with Gasteiger partial charge in [-0.3, -0.25) is 4.79 Å². The molecule has 1 heterocycles. The van der Waals surface area contributed by atoms with E-state index < -0.39 is 0 Å². The van der Waals surface area contributed by atoms with Crippen molar-refractivity contribution in [3.8, 4) is 0 Å². The lowest BCUT2D eigenvalue weighted by Gasteiger charge is -2.35. The number of carbonyl (C=O) groups excluding carboxylic acids is 1. The molecule has 1 fully saturated rings. The van der Waals surface area contributed by atoms with Gasteiger partial charge in [-0.1, -0.05) is 42.5 Å². The Balaban J connectivity index is 1.48.